The Morgan fingerprint density at radius 1 is 0.921 bits per heavy atom. The molecule has 1 saturated heterocycles. The van der Waals surface area contributed by atoms with Crippen LogP contribution in [0.15, 0.2) is 54.6 Å². The van der Waals surface area contributed by atoms with Gasteiger partial charge in [0.05, 0.1) is 19.9 Å². The number of nitrogens with zero attached hydrogens (tertiary/aromatic N) is 1. The maximum absolute atomic E-state index is 13.1. The fraction of sp³-hybridized carbons (Fsp3) is 0.333. The molecule has 3 aromatic carbocycles. The first-order valence-electron chi connectivity index (χ1n) is 12.9. The van der Waals surface area contributed by atoms with Gasteiger partial charge >= 0.3 is 0 Å². The number of hydrogen-bond donors (Lipinski definition) is 2. The van der Waals surface area contributed by atoms with Crippen LogP contribution < -0.4 is 20.1 Å². The Hall–Kier alpha value is -3.55. The largest absolute Gasteiger partial charge is 0.493 e. The molecule has 8 heteroatoms. The maximum Gasteiger partial charge on any atom is 0.255 e. The van der Waals surface area contributed by atoms with E-state index in [0.717, 1.165) is 35.5 Å². The van der Waals surface area contributed by atoms with Crippen molar-refractivity contribution >= 4 is 35.5 Å². The van der Waals surface area contributed by atoms with Gasteiger partial charge in [0.25, 0.3) is 5.91 Å². The Bertz CT molecular complexity index is 1300. The van der Waals surface area contributed by atoms with E-state index in [4.69, 9.17) is 9.47 Å². The number of rotatable bonds is 9. The first-order chi connectivity index (χ1) is 18.1. The summed E-state index contributed by atoms with van der Waals surface area (Å²) in [7, 11) is 3.21. The highest BCUT2D eigenvalue weighted by Gasteiger charge is 2.28. The van der Waals surface area contributed by atoms with E-state index >= 15 is 0 Å². The Morgan fingerprint density at radius 3 is 2.39 bits per heavy atom. The van der Waals surface area contributed by atoms with E-state index in [-0.39, 0.29) is 24.1 Å². The number of likely N-dealkylation sites (tertiary alicyclic amines) is 1. The summed E-state index contributed by atoms with van der Waals surface area (Å²) >= 11 is 0. The number of carbonyl (C=O) groups excluding carboxylic acids is 2. The van der Waals surface area contributed by atoms with Gasteiger partial charge in [-0.15, -0.1) is 12.4 Å². The topological polar surface area (TPSA) is 79.9 Å². The number of para-hydroxylation sites is 1. The standard InChI is InChI=1S/C30H33N3O4.ClH/c1-36-27-7-5-6-24(29(27)37-2)22-12-14-25(28-23(22)13-15-26(28)34)32-30(35)20-8-10-21(11-9-20)31-16-19-33-17-3-4-18-33;/h5-12,14,31H,3-4,13,15-19H2,1-2H3,(H,32,35);1H. The van der Waals surface area contributed by atoms with Gasteiger partial charge in [-0.05, 0) is 79.9 Å². The van der Waals surface area contributed by atoms with Crippen molar-refractivity contribution in [3.05, 3.63) is 71.3 Å². The van der Waals surface area contributed by atoms with Crippen molar-refractivity contribution in [2.24, 2.45) is 0 Å². The monoisotopic (exact) mass is 535 g/mol. The molecule has 5 rings (SSSR count). The second kappa shape index (κ2) is 12.3. The van der Waals surface area contributed by atoms with Crippen LogP contribution in [0.4, 0.5) is 11.4 Å². The summed E-state index contributed by atoms with van der Waals surface area (Å²) in [6.45, 7) is 4.27. The van der Waals surface area contributed by atoms with Crippen LogP contribution in [0.2, 0.25) is 0 Å². The Morgan fingerprint density at radius 2 is 1.68 bits per heavy atom. The van der Waals surface area contributed by atoms with E-state index < -0.39 is 0 Å². The molecule has 0 bridgehead atoms. The summed E-state index contributed by atoms with van der Waals surface area (Å²) in [5.74, 6) is 1.05. The molecule has 0 radical (unpaired) electrons. The minimum Gasteiger partial charge on any atom is -0.493 e. The second-order valence-corrected chi connectivity index (χ2v) is 9.49. The molecule has 0 saturated carbocycles. The molecule has 0 atom stereocenters. The van der Waals surface area contributed by atoms with Gasteiger partial charge in [-0.3, -0.25) is 9.59 Å². The second-order valence-electron chi connectivity index (χ2n) is 9.49. The average Bonchev–Trinajstić information content (AvgIpc) is 3.59. The lowest BCUT2D eigenvalue weighted by atomic mass is 9.94. The summed E-state index contributed by atoms with van der Waals surface area (Å²) in [4.78, 5) is 28.4. The van der Waals surface area contributed by atoms with E-state index in [1.165, 1.54) is 25.9 Å². The molecule has 3 aromatic rings. The van der Waals surface area contributed by atoms with Gasteiger partial charge in [-0.1, -0.05) is 18.2 Å². The van der Waals surface area contributed by atoms with E-state index in [1.807, 2.05) is 54.6 Å². The number of halogens is 1. The van der Waals surface area contributed by atoms with Gasteiger partial charge in [0.15, 0.2) is 17.3 Å². The van der Waals surface area contributed by atoms with E-state index in [9.17, 15) is 9.59 Å². The lowest BCUT2D eigenvalue weighted by molar-refractivity contribution is 0.0995. The van der Waals surface area contributed by atoms with Crippen LogP contribution in [-0.2, 0) is 6.42 Å². The number of hydrogen-bond acceptors (Lipinski definition) is 6. The fourth-order valence-electron chi connectivity index (χ4n) is 5.34. The molecule has 2 aliphatic rings. The first-order valence-corrected chi connectivity index (χ1v) is 12.9. The lowest BCUT2D eigenvalue weighted by Crippen LogP contribution is -2.25. The van der Waals surface area contributed by atoms with Crippen LogP contribution in [0.3, 0.4) is 0 Å². The van der Waals surface area contributed by atoms with E-state index in [2.05, 4.69) is 15.5 Å². The van der Waals surface area contributed by atoms with Crippen LogP contribution in [0.25, 0.3) is 11.1 Å². The van der Waals surface area contributed by atoms with Crippen molar-refractivity contribution in [1.82, 2.24) is 4.90 Å². The number of benzene rings is 3. The van der Waals surface area contributed by atoms with E-state index in [0.29, 0.717) is 41.2 Å². The quantitative estimate of drug-likeness (QED) is 0.367. The smallest absolute Gasteiger partial charge is 0.255 e. The molecule has 0 spiro atoms. The molecular formula is C30H34ClN3O4. The van der Waals surface area contributed by atoms with E-state index in [1.54, 1.807) is 14.2 Å². The fourth-order valence-corrected chi connectivity index (χ4v) is 5.34. The lowest BCUT2D eigenvalue weighted by Gasteiger charge is -2.17. The number of anilines is 2. The van der Waals surface area contributed by atoms with Crippen molar-refractivity contribution in [2.45, 2.75) is 25.7 Å². The van der Waals surface area contributed by atoms with Crippen LogP contribution in [0.5, 0.6) is 11.5 Å². The Balaban J connectivity index is 0.00000336. The molecule has 1 heterocycles. The third-order valence-electron chi connectivity index (χ3n) is 7.24. The number of methoxy groups -OCH3 is 2. The summed E-state index contributed by atoms with van der Waals surface area (Å²) in [5.41, 5.74) is 5.35. The molecule has 38 heavy (non-hydrogen) atoms. The van der Waals surface area contributed by atoms with Crippen molar-refractivity contribution in [2.75, 3.05) is 51.0 Å². The minimum absolute atomic E-state index is 0. The first kappa shape index (κ1) is 27.5. The Kier molecular flexibility index (Phi) is 8.92. The van der Waals surface area contributed by atoms with Gasteiger partial charge in [0.1, 0.15) is 0 Å². The zero-order valence-corrected chi connectivity index (χ0v) is 22.7. The average molecular weight is 536 g/mol. The van der Waals surface area contributed by atoms with Crippen LogP contribution in [-0.4, -0.2) is 57.0 Å². The molecule has 1 amide bonds. The highest BCUT2D eigenvalue weighted by Crippen LogP contribution is 2.43. The molecule has 1 aliphatic heterocycles. The number of fused-ring (bicyclic) bond motifs is 1. The highest BCUT2D eigenvalue weighted by molar-refractivity contribution is 6.12. The van der Waals surface area contributed by atoms with Gasteiger partial charge < -0.3 is 25.0 Å². The summed E-state index contributed by atoms with van der Waals surface area (Å²) in [6.07, 6.45) is 3.61. The number of amides is 1. The molecule has 2 N–H and O–H groups in total. The van der Waals surface area contributed by atoms with Gasteiger partial charge in [-0.25, -0.2) is 0 Å². The number of nitrogens with one attached hydrogen (secondary N) is 2. The molecule has 0 unspecified atom stereocenters. The van der Waals surface area contributed by atoms with Crippen molar-refractivity contribution < 1.29 is 19.1 Å². The maximum atomic E-state index is 13.1. The normalized spacial score (nSPS) is 14.5. The van der Waals surface area contributed by atoms with Crippen LogP contribution in [0.1, 0.15) is 45.5 Å². The van der Waals surface area contributed by atoms with Crippen LogP contribution in [0, 0.1) is 0 Å². The molecular weight excluding hydrogens is 502 g/mol. The van der Waals surface area contributed by atoms with Crippen molar-refractivity contribution in [1.29, 1.82) is 0 Å². The molecule has 7 nitrogen and oxygen atoms in total. The zero-order chi connectivity index (χ0) is 25.8. The third kappa shape index (κ3) is 5.64. The Labute approximate surface area is 229 Å². The SMILES string of the molecule is COc1cccc(-c2ccc(NC(=O)c3ccc(NCCN4CCCC4)cc3)c3c2CCC3=O)c1OC.Cl. The van der Waals surface area contributed by atoms with Gasteiger partial charge in [0, 0.05) is 41.9 Å². The number of Topliss-reactive ketones (excluding diaryl/α,β-unsaturated/α-hetero) is 1. The third-order valence-corrected chi connectivity index (χ3v) is 7.24. The van der Waals surface area contributed by atoms with Gasteiger partial charge in [-0.2, -0.15) is 0 Å². The van der Waals surface area contributed by atoms with Gasteiger partial charge in [0.2, 0.25) is 0 Å². The molecule has 200 valence electrons. The molecule has 1 aliphatic carbocycles. The van der Waals surface area contributed by atoms with Crippen LogP contribution >= 0.6 is 12.4 Å². The van der Waals surface area contributed by atoms with Crippen molar-refractivity contribution in [3.63, 3.8) is 0 Å². The summed E-state index contributed by atoms with van der Waals surface area (Å²) in [6, 6.07) is 16.9. The summed E-state index contributed by atoms with van der Waals surface area (Å²) < 4.78 is 11.1. The highest BCUT2D eigenvalue weighted by atomic mass is 35.5. The predicted molar refractivity (Wildman–Crippen MR) is 153 cm³/mol. The number of ether oxygens (including phenoxy) is 2. The minimum atomic E-state index is -0.239. The molecule has 0 aromatic heterocycles. The predicted octanol–water partition coefficient (Wildman–Crippen LogP) is 5.68. The molecule has 1 fully saturated rings. The number of carbonyl (C=O) groups is 2. The zero-order valence-electron chi connectivity index (χ0n) is 21.8. The number of ketones is 1. The van der Waals surface area contributed by atoms with Crippen molar-refractivity contribution in [3.8, 4) is 22.6 Å². The summed E-state index contributed by atoms with van der Waals surface area (Å²) in [5, 5.41) is 6.40.